The van der Waals surface area contributed by atoms with Gasteiger partial charge in [0.25, 0.3) is 0 Å². The molecule has 0 aliphatic heterocycles. The lowest BCUT2D eigenvalue weighted by atomic mass is 10.2. The number of amides is 1. The molecule has 0 spiro atoms. The van der Waals surface area contributed by atoms with E-state index < -0.39 is 17.9 Å². The summed E-state index contributed by atoms with van der Waals surface area (Å²) in [4.78, 5) is 25.7. The molecule has 9 heteroatoms. The van der Waals surface area contributed by atoms with Crippen molar-refractivity contribution in [1.82, 2.24) is 4.98 Å². The summed E-state index contributed by atoms with van der Waals surface area (Å²) in [5.41, 5.74) is 10.9. The highest BCUT2D eigenvalue weighted by Crippen LogP contribution is 2.15. The lowest BCUT2D eigenvalue weighted by molar-refractivity contribution is -0.147. The Hall–Kier alpha value is -1.08. The Morgan fingerprint density at radius 2 is 1.84 bits per heavy atom. The molecular weight excluding hydrogens is 316 g/mol. The Labute approximate surface area is 125 Å². The number of nitrogens with two attached hydrogens (primary N) is 2. The molecule has 1 heterocycles. The third kappa shape index (κ3) is 6.58. The first-order valence-electron chi connectivity index (χ1n) is 4.91. The van der Waals surface area contributed by atoms with Crippen LogP contribution < -0.4 is 11.5 Å². The molecule has 0 aliphatic rings. The highest BCUT2D eigenvalue weighted by atomic mass is 35.5. The average Bonchev–Trinajstić information content (AvgIpc) is 2.23. The zero-order chi connectivity index (χ0) is 13.7. The van der Waals surface area contributed by atoms with Gasteiger partial charge in [0.1, 0.15) is 23.0 Å². The quantitative estimate of drug-likeness (QED) is 0.620. The average molecular weight is 329 g/mol. The summed E-state index contributed by atoms with van der Waals surface area (Å²) in [6.45, 7) is -0.0622. The van der Waals surface area contributed by atoms with Gasteiger partial charge in [-0.3, -0.25) is 9.59 Å². The molecule has 1 rings (SSSR count). The van der Waals surface area contributed by atoms with Crippen LogP contribution in [0.25, 0.3) is 0 Å². The molecule has 1 aromatic rings. The van der Waals surface area contributed by atoms with E-state index in [1.54, 1.807) is 0 Å². The van der Waals surface area contributed by atoms with Crippen molar-refractivity contribution < 1.29 is 14.3 Å². The molecule has 1 atom stereocenters. The van der Waals surface area contributed by atoms with Crippen molar-refractivity contribution in [3.8, 4) is 0 Å². The molecule has 19 heavy (non-hydrogen) atoms. The third-order valence-electron chi connectivity index (χ3n) is 1.93. The second-order valence-electron chi connectivity index (χ2n) is 3.51. The predicted molar refractivity (Wildman–Crippen MR) is 73.1 cm³/mol. The number of carbonyl (C=O) groups is 2. The van der Waals surface area contributed by atoms with E-state index in [0.717, 1.165) is 0 Å². The Bertz CT molecular complexity index is 450. The van der Waals surface area contributed by atoms with Gasteiger partial charge >= 0.3 is 5.97 Å². The summed E-state index contributed by atoms with van der Waals surface area (Å²) in [6.07, 6.45) is -0.267. The number of rotatable bonds is 5. The summed E-state index contributed by atoms with van der Waals surface area (Å²) < 4.78 is 4.88. The van der Waals surface area contributed by atoms with Crippen LogP contribution in [0.1, 0.15) is 12.0 Å². The number of primary amides is 1. The smallest absolute Gasteiger partial charge is 0.323 e. The van der Waals surface area contributed by atoms with Crippen LogP contribution in [-0.4, -0.2) is 22.9 Å². The van der Waals surface area contributed by atoms with Crippen LogP contribution in [0.5, 0.6) is 0 Å². The van der Waals surface area contributed by atoms with Gasteiger partial charge in [-0.2, -0.15) is 0 Å². The lowest BCUT2D eigenvalue weighted by Crippen LogP contribution is -2.36. The minimum atomic E-state index is -1.07. The molecule has 0 fully saturated rings. The lowest BCUT2D eigenvalue weighted by Gasteiger charge is -2.10. The van der Waals surface area contributed by atoms with Gasteiger partial charge in [0, 0.05) is 0 Å². The zero-order valence-electron chi connectivity index (χ0n) is 9.64. The number of carbonyl (C=O) groups excluding carboxylic acids is 2. The molecule has 1 amide bonds. The van der Waals surface area contributed by atoms with Crippen molar-refractivity contribution in [2.75, 3.05) is 0 Å². The maximum absolute atomic E-state index is 11.4. The number of esters is 1. The summed E-state index contributed by atoms with van der Waals surface area (Å²) in [5, 5.41) is 0.380. The van der Waals surface area contributed by atoms with Crippen LogP contribution >= 0.6 is 35.6 Å². The van der Waals surface area contributed by atoms with Gasteiger partial charge in [-0.1, -0.05) is 23.2 Å². The second kappa shape index (κ2) is 8.16. The molecule has 0 aromatic carbocycles. The van der Waals surface area contributed by atoms with E-state index in [9.17, 15) is 9.59 Å². The highest BCUT2D eigenvalue weighted by Gasteiger charge is 2.17. The minimum Gasteiger partial charge on any atom is -0.460 e. The van der Waals surface area contributed by atoms with Gasteiger partial charge in [0.2, 0.25) is 5.91 Å². The topological polar surface area (TPSA) is 108 Å². The highest BCUT2D eigenvalue weighted by molar-refractivity contribution is 6.32. The molecule has 0 saturated heterocycles. The molecule has 1 aromatic heterocycles. The number of halogens is 3. The Kier molecular flexibility index (Phi) is 7.70. The molecule has 0 radical (unpaired) electrons. The van der Waals surface area contributed by atoms with Gasteiger partial charge in [0.05, 0.1) is 6.42 Å². The normalized spacial score (nSPS) is 11.3. The molecule has 0 aliphatic carbocycles. The van der Waals surface area contributed by atoms with Crippen molar-refractivity contribution in [1.29, 1.82) is 0 Å². The maximum Gasteiger partial charge on any atom is 0.323 e. The molecule has 6 nitrogen and oxygen atoms in total. The maximum atomic E-state index is 11.4. The Morgan fingerprint density at radius 1 is 1.32 bits per heavy atom. The largest absolute Gasteiger partial charge is 0.460 e. The molecular formula is C10H12Cl3N3O3. The SMILES string of the molecule is Cl.NC(=O)C[C@H](N)C(=O)OCc1cc(Cl)nc(Cl)c1. The van der Waals surface area contributed by atoms with Crippen molar-refractivity contribution in [2.45, 2.75) is 19.1 Å². The number of aromatic nitrogens is 1. The standard InChI is InChI=1S/C10H11Cl2N3O3.ClH/c11-7-1-5(2-8(12)15-7)4-18-10(17)6(13)3-9(14)16;/h1-2,6H,3-4,13H2,(H2,14,16);1H/t6-;/m0./s1. The fourth-order valence-corrected chi connectivity index (χ4v) is 1.66. The van der Waals surface area contributed by atoms with Crippen LogP contribution in [0.3, 0.4) is 0 Å². The van der Waals surface area contributed by atoms with Crippen molar-refractivity contribution >= 4 is 47.5 Å². The second-order valence-corrected chi connectivity index (χ2v) is 4.28. The van der Waals surface area contributed by atoms with Gasteiger partial charge in [-0.05, 0) is 17.7 Å². The summed E-state index contributed by atoms with van der Waals surface area (Å²) in [6, 6.07) is 1.93. The van der Waals surface area contributed by atoms with E-state index in [1.807, 2.05) is 0 Å². The van der Waals surface area contributed by atoms with E-state index in [0.29, 0.717) is 5.56 Å². The predicted octanol–water partition coefficient (Wildman–Crippen LogP) is 1.06. The summed E-state index contributed by atoms with van der Waals surface area (Å²) >= 11 is 11.3. The van der Waals surface area contributed by atoms with Crippen molar-refractivity contribution in [3.05, 3.63) is 28.0 Å². The van der Waals surface area contributed by atoms with Crippen LogP contribution in [-0.2, 0) is 20.9 Å². The van der Waals surface area contributed by atoms with Crippen LogP contribution in [0, 0.1) is 0 Å². The Morgan fingerprint density at radius 3 is 2.32 bits per heavy atom. The first-order valence-corrected chi connectivity index (χ1v) is 5.66. The van der Waals surface area contributed by atoms with Crippen molar-refractivity contribution in [2.24, 2.45) is 11.5 Å². The molecule has 0 bridgehead atoms. The fraction of sp³-hybridized carbons (Fsp3) is 0.300. The van der Waals surface area contributed by atoms with Crippen LogP contribution in [0.4, 0.5) is 0 Å². The Balaban J connectivity index is 0.00000324. The van der Waals surface area contributed by atoms with Gasteiger partial charge in [-0.25, -0.2) is 4.98 Å². The van der Waals surface area contributed by atoms with E-state index in [-0.39, 0.29) is 35.7 Å². The molecule has 0 saturated carbocycles. The molecule has 0 unspecified atom stereocenters. The van der Waals surface area contributed by atoms with E-state index >= 15 is 0 Å². The minimum absolute atomic E-state index is 0. The zero-order valence-corrected chi connectivity index (χ0v) is 12.0. The number of hydrogen-bond acceptors (Lipinski definition) is 5. The van der Waals surface area contributed by atoms with E-state index in [4.69, 9.17) is 39.4 Å². The van der Waals surface area contributed by atoms with E-state index in [1.165, 1.54) is 12.1 Å². The fourth-order valence-electron chi connectivity index (χ4n) is 1.16. The number of pyridine rings is 1. The number of nitrogens with zero attached hydrogens (tertiary/aromatic N) is 1. The van der Waals surface area contributed by atoms with Crippen molar-refractivity contribution in [3.63, 3.8) is 0 Å². The van der Waals surface area contributed by atoms with Gasteiger partial charge in [-0.15, -0.1) is 12.4 Å². The summed E-state index contributed by atoms with van der Waals surface area (Å²) in [7, 11) is 0. The van der Waals surface area contributed by atoms with Gasteiger partial charge < -0.3 is 16.2 Å². The van der Waals surface area contributed by atoms with Crippen LogP contribution in [0.2, 0.25) is 10.3 Å². The number of hydrogen-bond donors (Lipinski definition) is 2. The molecule has 106 valence electrons. The first kappa shape index (κ1) is 17.9. The summed E-state index contributed by atoms with van der Waals surface area (Å²) in [5.74, 6) is -1.40. The number of ether oxygens (including phenoxy) is 1. The first-order chi connectivity index (χ1) is 8.38. The monoisotopic (exact) mass is 327 g/mol. The third-order valence-corrected chi connectivity index (χ3v) is 2.31. The van der Waals surface area contributed by atoms with Gasteiger partial charge in [0.15, 0.2) is 0 Å². The molecule has 4 N–H and O–H groups in total. The van der Waals surface area contributed by atoms with Crippen LogP contribution in [0.15, 0.2) is 12.1 Å². The van der Waals surface area contributed by atoms with E-state index in [2.05, 4.69) is 4.98 Å².